The van der Waals surface area contributed by atoms with Crippen molar-refractivity contribution in [3.63, 3.8) is 0 Å². The summed E-state index contributed by atoms with van der Waals surface area (Å²) in [5.41, 5.74) is 2.94. The van der Waals surface area contributed by atoms with Gasteiger partial charge in [-0.1, -0.05) is 25.0 Å². The molecule has 2 aliphatic heterocycles. The summed E-state index contributed by atoms with van der Waals surface area (Å²) in [6, 6.07) is 9.04. The lowest BCUT2D eigenvalue weighted by Gasteiger charge is -2.37. The van der Waals surface area contributed by atoms with Crippen LogP contribution in [0.4, 0.5) is 0 Å². The van der Waals surface area contributed by atoms with Gasteiger partial charge in [-0.05, 0) is 80.4 Å². The lowest BCUT2D eigenvalue weighted by atomic mass is 9.78. The van der Waals surface area contributed by atoms with Gasteiger partial charge in [0.15, 0.2) is 0 Å². The number of amides is 3. The van der Waals surface area contributed by atoms with Crippen LogP contribution in [0.1, 0.15) is 92.1 Å². The number of nitrogens with zero attached hydrogens (tertiary/aromatic N) is 2. The Bertz CT molecular complexity index is 1020. The summed E-state index contributed by atoms with van der Waals surface area (Å²) in [6.07, 6.45) is 12.0. The van der Waals surface area contributed by atoms with E-state index in [2.05, 4.69) is 28.8 Å². The number of piperidine rings is 1. The van der Waals surface area contributed by atoms with Crippen molar-refractivity contribution in [2.45, 2.75) is 102 Å². The van der Waals surface area contributed by atoms with Gasteiger partial charge in [0, 0.05) is 37.0 Å². The standard InChI is InChI=1S/C28H36N4O3/c29-14-13-18-5-8-22(9-6-18)30-24-4-2-1-3-20(24)15-19-7-10-23-21(16-19)17-32(28(23)35)25-11-12-26(33)31-27(25)34/h7,10,16,18,20,22,24-25,30H,1-6,8-9,11-13,15,17H2,(H,31,33,34)/t18?,20-,22?,24+,25?/m1/s1. The lowest BCUT2D eigenvalue weighted by Crippen LogP contribution is -2.52. The third kappa shape index (κ3) is 5.28. The third-order valence-electron chi connectivity index (χ3n) is 8.67. The summed E-state index contributed by atoms with van der Waals surface area (Å²) in [5, 5.41) is 15.3. The highest BCUT2D eigenvalue weighted by Crippen LogP contribution is 2.33. The second kappa shape index (κ2) is 10.5. The van der Waals surface area contributed by atoms with Crippen LogP contribution in [0.3, 0.4) is 0 Å². The number of imide groups is 1. The molecule has 4 aliphatic rings. The second-order valence-electron chi connectivity index (χ2n) is 11.0. The van der Waals surface area contributed by atoms with Gasteiger partial charge < -0.3 is 10.2 Å². The second-order valence-corrected chi connectivity index (χ2v) is 11.0. The normalized spacial score (nSPS) is 31.1. The van der Waals surface area contributed by atoms with E-state index in [1.54, 1.807) is 4.90 Å². The molecule has 1 aromatic rings. The molecule has 5 rings (SSSR count). The summed E-state index contributed by atoms with van der Waals surface area (Å²) in [4.78, 5) is 38.5. The Kier molecular flexibility index (Phi) is 7.19. The number of carbonyl (C=O) groups excluding carboxylic acids is 3. The van der Waals surface area contributed by atoms with Gasteiger partial charge in [-0.2, -0.15) is 5.26 Å². The van der Waals surface area contributed by atoms with Crippen LogP contribution in [0.2, 0.25) is 0 Å². The first kappa shape index (κ1) is 24.0. The highest BCUT2D eigenvalue weighted by molar-refractivity contribution is 6.05. The molecule has 0 radical (unpaired) electrons. The molecular formula is C28H36N4O3. The first-order valence-corrected chi connectivity index (χ1v) is 13.4. The average molecular weight is 477 g/mol. The minimum absolute atomic E-state index is 0.106. The molecule has 1 saturated heterocycles. The summed E-state index contributed by atoms with van der Waals surface area (Å²) < 4.78 is 0. The quantitative estimate of drug-likeness (QED) is 0.611. The van der Waals surface area contributed by atoms with E-state index in [4.69, 9.17) is 5.26 Å². The number of fused-ring (bicyclic) bond motifs is 1. The van der Waals surface area contributed by atoms with Crippen LogP contribution >= 0.6 is 0 Å². The van der Waals surface area contributed by atoms with Gasteiger partial charge >= 0.3 is 0 Å². The Morgan fingerprint density at radius 1 is 1.03 bits per heavy atom. The van der Waals surface area contributed by atoms with E-state index in [0.717, 1.165) is 24.8 Å². The fraction of sp³-hybridized carbons (Fsp3) is 0.643. The zero-order valence-electron chi connectivity index (χ0n) is 20.4. The third-order valence-corrected chi connectivity index (χ3v) is 8.67. The van der Waals surface area contributed by atoms with Gasteiger partial charge in [0.05, 0.1) is 6.07 Å². The molecule has 2 aliphatic carbocycles. The van der Waals surface area contributed by atoms with Crippen molar-refractivity contribution in [2.75, 3.05) is 0 Å². The fourth-order valence-corrected chi connectivity index (χ4v) is 6.69. The Labute approximate surface area is 207 Å². The molecule has 3 fully saturated rings. The van der Waals surface area contributed by atoms with Crippen molar-refractivity contribution < 1.29 is 14.4 Å². The SMILES string of the molecule is N#CCC1CCC(N[C@H]2CCCC[C@@H]2Cc2ccc3c(c2)CN(C2CCC(=O)NC2=O)C3=O)CC1. The van der Waals surface area contributed by atoms with E-state index in [1.807, 2.05) is 6.07 Å². The van der Waals surface area contributed by atoms with E-state index >= 15 is 0 Å². The smallest absolute Gasteiger partial charge is 0.255 e. The van der Waals surface area contributed by atoms with Crippen molar-refractivity contribution in [1.29, 1.82) is 5.26 Å². The Morgan fingerprint density at radius 2 is 1.83 bits per heavy atom. The van der Waals surface area contributed by atoms with Crippen molar-refractivity contribution in [3.05, 3.63) is 34.9 Å². The first-order chi connectivity index (χ1) is 17.0. The summed E-state index contributed by atoms with van der Waals surface area (Å²) >= 11 is 0. The molecule has 2 N–H and O–H groups in total. The molecule has 7 heteroatoms. The number of hydrogen-bond donors (Lipinski definition) is 2. The molecule has 0 spiro atoms. The average Bonchev–Trinajstić information content (AvgIpc) is 3.17. The minimum atomic E-state index is -0.564. The highest BCUT2D eigenvalue weighted by atomic mass is 16.2. The van der Waals surface area contributed by atoms with Crippen LogP contribution in [0.5, 0.6) is 0 Å². The zero-order valence-corrected chi connectivity index (χ0v) is 20.4. The molecule has 2 saturated carbocycles. The van der Waals surface area contributed by atoms with Gasteiger partial charge in [0.1, 0.15) is 6.04 Å². The monoisotopic (exact) mass is 476 g/mol. The van der Waals surface area contributed by atoms with E-state index < -0.39 is 6.04 Å². The summed E-state index contributed by atoms with van der Waals surface area (Å²) in [6.45, 7) is 0.437. The maximum absolute atomic E-state index is 13.0. The molecule has 3 atom stereocenters. The predicted octanol–water partition coefficient (Wildman–Crippen LogP) is 3.61. The number of rotatable bonds is 6. The van der Waals surface area contributed by atoms with Crippen LogP contribution < -0.4 is 10.6 Å². The molecule has 2 heterocycles. The number of nitriles is 1. The van der Waals surface area contributed by atoms with Crippen LogP contribution in [-0.4, -0.2) is 40.7 Å². The van der Waals surface area contributed by atoms with Gasteiger partial charge in [-0.3, -0.25) is 19.7 Å². The van der Waals surface area contributed by atoms with Gasteiger partial charge in [-0.25, -0.2) is 0 Å². The topological polar surface area (TPSA) is 102 Å². The Balaban J connectivity index is 1.21. The lowest BCUT2D eigenvalue weighted by molar-refractivity contribution is -0.136. The van der Waals surface area contributed by atoms with Crippen molar-refractivity contribution in [1.82, 2.24) is 15.5 Å². The summed E-state index contributed by atoms with van der Waals surface area (Å²) in [7, 11) is 0. The van der Waals surface area contributed by atoms with Gasteiger partial charge in [0.25, 0.3) is 5.91 Å². The number of nitrogens with one attached hydrogen (secondary N) is 2. The summed E-state index contributed by atoms with van der Waals surface area (Å²) in [5.74, 6) is 0.435. The first-order valence-electron chi connectivity index (χ1n) is 13.4. The number of hydrogen-bond acceptors (Lipinski definition) is 5. The fourth-order valence-electron chi connectivity index (χ4n) is 6.69. The van der Waals surface area contributed by atoms with E-state index in [-0.39, 0.29) is 24.1 Å². The Hall–Kier alpha value is -2.72. The van der Waals surface area contributed by atoms with Crippen LogP contribution in [0, 0.1) is 23.2 Å². The molecule has 1 aromatic carbocycles. The predicted molar refractivity (Wildman–Crippen MR) is 131 cm³/mol. The van der Waals surface area contributed by atoms with Crippen LogP contribution in [0.15, 0.2) is 18.2 Å². The molecule has 3 amide bonds. The van der Waals surface area contributed by atoms with Crippen molar-refractivity contribution in [2.24, 2.45) is 11.8 Å². The van der Waals surface area contributed by atoms with Crippen LogP contribution in [-0.2, 0) is 22.6 Å². The van der Waals surface area contributed by atoms with E-state index in [9.17, 15) is 14.4 Å². The molecule has 35 heavy (non-hydrogen) atoms. The largest absolute Gasteiger partial charge is 0.322 e. The van der Waals surface area contributed by atoms with E-state index in [1.165, 1.54) is 44.1 Å². The Morgan fingerprint density at radius 3 is 2.60 bits per heavy atom. The molecule has 186 valence electrons. The van der Waals surface area contributed by atoms with Crippen molar-refractivity contribution in [3.8, 4) is 6.07 Å². The van der Waals surface area contributed by atoms with Gasteiger partial charge in [-0.15, -0.1) is 0 Å². The maximum Gasteiger partial charge on any atom is 0.255 e. The highest BCUT2D eigenvalue weighted by Gasteiger charge is 2.39. The number of carbonyl (C=O) groups is 3. The molecule has 7 nitrogen and oxygen atoms in total. The van der Waals surface area contributed by atoms with Gasteiger partial charge in [0.2, 0.25) is 11.8 Å². The van der Waals surface area contributed by atoms with E-state index in [0.29, 0.717) is 48.9 Å². The molecule has 0 bridgehead atoms. The van der Waals surface area contributed by atoms with Crippen LogP contribution in [0.25, 0.3) is 0 Å². The maximum atomic E-state index is 13.0. The minimum Gasteiger partial charge on any atom is -0.322 e. The molecule has 0 aromatic heterocycles. The zero-order chi connectivity index (χ0) is 24.4. The number of benzene rings is 1. The molecular weight excluding hydrogens is 440 g/mol. The van der Waals surface area contributed by atoms with Crippen molar-refractivity contribution >= 4 is 17.7 Å². The molecule has 1 unspecified atom stereocenters.